The average molecular weight is 212 g/mol. The van der Waals surface area contributed by atoms with Crippen LogP contribution in [-0.2, 0) is 0 Å². The number of rotatable bonds is 2. The van der Waals surface area contributed by atoms with E-state index in [1.54, 1.807) is 0 Å². The highest BCUT2D eigenvalue weighted by Gasteiger charge is 2.36. The van der Waals surface area contributed by atoms with Crippen molar-refractivity contribution < 1.29 is 5.11 Å². The standard InChI is InChI=1S/C12H24N2O/c1-8-3-12(4-8)14-6-10(9(2)15)5-11(13)7-14/h8-12,15H,3-7,13H2,1-2H3. The van der Waals surface area contributed by atoms with Gasteiger partial charge in [-0.3, -0.25) is 4.90 Å². The quantitative estimate of drug-likeness (QED) is 0.712. The van der Waals surface area contributed by atoms with Crippen LogP contribution in [0.25, 0.3) is 0 Å². The molecule has 0 bridgehead atoms. The molecule has 2 aliphatic rings. The first-order valence-electron chi connectivity index (χ1n) is 6.24. The summed E-state index contributed by atoms with van der Waals surface area (Å²) in [6.07, 6.45) is 3.41. The Balaban J connectivity index is 1.89. The zero-order valence-electron chi connectivity index (χ0n) is 9.89. The monoisotopic (exact) mass is 212 g/mol. The van der Waals surface area contributed by atoms with Crippen molar-refractivity contribution >= 4 is 0 Å². The molecule has 2 rings (SSSR count). The van der Waals surface area contributed by atoms with Gasteiger partial charge in [-0.15, -0.1) is 0 Å². The molecule has 3 unspecified atom stereocenters. The Morgan fingerprint density at radius 2 is 1.93 bits per heavy atom. The van der Waals surface area contributed by atoms with Gasteiger partial charge in [-0.05, 0) is 38.0 Å². The molecule has 3 nitrogen and oxygen atoms in total. The van der Waals surface area contributed by atoms with Gasteiger partial charge in [0.05, 0.1) is 6.10 Å². The predicted octanol–water partition coefficient (Wildman–Crippen LogP) is 0.815. The third kappa shape index (κ3) is 2.52. The second-order valence-electron chi connectivity index (χ2n) is 5.68. The second kappa shape index (κ2) is 4.40. The van der Waals surface area contributed by atoms with Gasteiger partial charge in [-0.25, -0.2) is 0 Å². The molecule has 0 aromatic carbocycles. The van der Waals surface area contributed by atoms with E-state index in [9.17, 15) is 5.11 Å². The van der Waals surface area contributed by atoms with Crippen molar-refractivity contribution in [1.82, 2.24) is 4.90 Å². The van der Waals surface area contributed by atoms with E-state index >= 15 is 0 Å². The van der Waals surface area contributed by atoms with E-state index in [4.69, 9.17) is 5.73 Å². The van der Waals surface area contributed by atoms with Gasteiger partial charge in [0.15, 0.2) is 0 Å². The zero-order valence-corrected chi connectivity index (χ0v) is 9.89. The molecule has 0 spiro atoms. The van der Waals surface area contributed by atoms with Crippen LogP contribution in [0.4, 0.5) is 0 Å². The minimum Gasteiger partial charge on any atom is -0.393 e. The van der Waals surface area contributed by atoms with E-state index in [-0.39, 0.29) is 12.1 Å². The summed E-state index contributed by atoms with van der Waals surface area (Å²) in [7, 11) is 0. The molecule has 0 aromatic heterocycles. The number of hydrogen-bond donors (Lipinski definition) is 2. The van der Waals surface area contributed by atoms with E-state index in [0.29, 0.717) is 5.92 Å². The summed E-state index contributed by atoms with van der Waals surface area (Å²) in [5, 5.41) is 9.65. The smallest absolute Gasteiger partial charge is 0.0553 e. The summed E-state index contributed by atoms with van der Waals surface area (Å²) >= 11 is 0. The fourth-order valence-electron chi connectivity index (χ4n) is 3.02. The van der Waals surface area contributed by atoms with Crippen LogP contribution in [-0.4, -0.2) is 41.3 Å². The lowest BCUT2D eigenvalue weighted by atomic mass is 9.78. The van der Waals surface area contributed by atoms with Crippen LogP contribution in [0.15, 0.2) is 0 Å². The maximum atomic E-state index is 9.65. The van der Waals surface area contributed by atoms with E-state index in [0.717, 1.165) is 31.5 Å². The van der Waals surface area contributed by atoms with E-state index in [2.05, 4.69) is 11.8 Å². The van der Waals surface area contributed by atoms with Crippen molar-refractivity contribution in [3.8, 4) is 0 Å². The predicted molar refractivity (Wildman–Crippen MR) is 61.5 cm³/mol. The van der Waals surface area contributed by atoms with Crippen molar-refractivity contribution in [3.63, 3.8) is 0 Å². The normalized spacial score (nSPS) is 44.8. The van der Waals surface area contributed by atoms with Gasteiger partial charge in [-0.2, -0.15) is 0 Å². The summed E-state index contributed by atoms with van der Waals surface area (Å²) in [6, 6.07) is 1.00. The Labute approximate surface area is 92.6 Å². The lowest BCUT2D eigenvalue weighted by molar-refractivity contribution is 0.00263. The first kappa shape index (κ1) is 11.4. The van der Waals surface area contributed by atoms with Crippen molar-refractivity contribution in [2.45, 2.75) is 51.3 Å². The van der Waals surface area contributed by atoms with Crippen molar-refractivity contribution in [3.05, 3.63) is 0 Å². The van der Waals surface area contributed by atoms with Crippen LogP contribution in [0.5, 0.6) is 0 Å². The molecule has 1 saturated carbocycles. The van der Waals surface area contributed by atoms with Crippen molar-refractivity contribution in [1.29, 1.82) is 0 Å². The third-order valence-corrected chi connectivity index (χ3v) is 4.09. The summed E-state index contributed by atoms with van der Waals surface area (Å²) < 4.78 is 0. The molecular weight excluding hydrogens is 188 g/mol. The molecule has 15 heavy (non-hydrogen) atoms. The lowest BCUT2D eigenvalue weighted by Crippen LogP contribution is -2.55. The zero-order chi connectivity index (χ0) is 11.0. The molecule has 3 atom stereocenters. The molecule has 1 saturated heterocycles. The summed E-state index contributed by atoms with van der Waals surface area (Å²) in [4.78, 5) is 2.51. The Bertz CT molecular complexity index is 214. The Morgan fingerprint density at radius 3 is 2.47 bits per heavy atom. The highest BCUT2D eigenvalue weighted by atomic mass is 16.3. The van der Waals surface area contributed by atoms with Crippen LogP contribution in [0.3, 0.4) is 0 Å². The van der Waals surface area contributed by atoms with Crippen LogP contribution in [0.2, 0.25) is 0 Å². The molecular formula is C12H24N2O. The van der Waals surface area contributed by atoms with Crippen LogP contribution < -0.4 is 5.73 Å². The largest absolute Gasteiger partial charge is 0.393 e. The maximum Gasteiger partial charge on any atom is 0.0553 e. The maximum absolute atomic E-state index is 9.65. The highest BCUT2D eigenvalue weighted by molar-refractivity contribution is 4.92. The van der Waals surface area contributed by atoms with Crippen molar-refractivity contribution in [2.24, 2.45) is 17.6 Å². The minimum absolute atomic E-state index is 0.212. The van der Waals surface area contributed by atoms with Gasteiger partial charge >= 0.3 is 0 Å². The lowest BCUT2D eigenvalue weighted by Gasteiger charge is -2.47. The number of aliphatic hydroxyl groups is 1. The number of hydrogen-bond acceptors (Lipinski definition) is 3. The van der Waals surface area contributed by atoms with Gasteiger partial charge in [0.25, 0.3) is 0 Å². The molecule has 88 valence electrons. The molecule has 2 fully saturated rings. The topological polar surface area (TPSA) is 49.5 Å². The summed E-state index contributed by atoms with van der Waals surface area (Å²) in [5.41, 5.74) is 6.05. The molecule has 1 aliphatic carbocycles. The van der Waals surface area contributed by atoms with E-state index in [1.165, 1.54) is 12.8 Å². The number of aliphatic hydroxyl groups excluding tert-OH is 1. The highest BCUT2D eigenvalue weighted by Crippen LogP contribution is 2.33. The number of piperidine rings is 1. The fourth-order valence-corrected chi connectivity index (χ4v) is 3.02. The number of nitrogens with zero attached hydrogens (tertiary/aromatic N) is 1. The van der Waals surface area contributed by atoms with Crippen LogP contribution >= 0.6 is 0 Å². The van der Waals surface area contributed by atoms with Gasteiger partial charge in [0, 0.05) is 25.2 Å². The fraction of sp³-hybridized carbons (Fsp3) is 1.00. The van der Waals surface area contributed by atoms with Gasteiger partial charge in [0.1, 0.15) is 0 Å². The van der Waals surface area contributed by atoms with Crippen LogP contribution in [0, 0.1) is 11.8 Å². The molecule has 3 heteroatoms. The van der Waals surface area contributed by atoms with Crippen molar-refractivity contribution in [2.75, 3.05) is 13.1 Å². The van der Waals surface area contributed by atoms with Gasteiger partial charge in [-0.1, -0.05) is 6.92 Å². The van der Waals surface area contributed by atoms with E-state index < -0.39 is 0 Å². The molecule has 3 N–H and O–H groups in total. The molecule has 1 heterocycles. The van der Waals surface area contributed by atoms with E-state index in [1.807, 2.05) is 6.92 Å². The van der Waals surface area contributed by atoms with Gasteiger partial charge < -0.3 is 10.8 Å². The second-order valence-corrected chi connectivity index (χ2v) is 5.68. The van der Waals surface area contributed by atoms with Crippen LogP contribution in [0.1, 0.15) is 33.1 Å². The summed E-state index contributed by atoms with van der Waals surface area (Å²) in [6.45, 7) is 6.28. The first-order chi connectivity index (χ1) is 7.06. The number of nitrogens with two attached hydrogens (primary N) is 1. The third-order valence-electron chi connectivity index (χ3n) is 4.09. The number of likely N-dealkylation sites (tertiary alicyclic amines) is 1. The summed E-state index contributed by atoms with van der Waals surface area (Å²) in [5.74, 6) is 1.27. The first-order valence-corrected chi connectivity index (χ1v) is 6.24. The average Bonchev–Trinajstić information content (AvgIpc) is 2.12. The Hall–Kier alpha value is -0.120. The Kier molecular flexibility index (Phi) is 3.33. The van der Waals surface area contributed by atoms with Gasteiger partial charge in [0.2, 0.25) is 0 Å². The molecule has 1 aliphatic heterocycles. The SMILES string of the molecule is CC1CC(N2CC(N)CC(C(C)O)C2)C1. The Morgan fingerprint density at radius 1 is 1.27 bits per heavy atom. The molecule has 0 amide bonds. The molecule has 0 aromatic rings. The minimum atomic E-state index is -0.212. The molecule has 0 radical (unpaired) electrons.